The molecule has 0 radical (unpaired) electrons. The Kier molecular flexibility index (Phi) is 5.80. The van der Waals surface area contributed by atoms with Crippen LogP contribution in [0.15, 0.2) is 18.2 Å². The molecule has 0 bridgehead atoms. The van der Waals surface area contributed by atoms with Gasteiger partial charge >= 0.3 is 0 Å². The van der Waals surface area contributed by atoms with Gasteiger partial charge in [0.25, 0.3) is 0 Å². The molecule has 0 saturated carbocycles. The van der Waals surface area contributed by atoms with Crippen LogP contribution in [0.25, 0.3) is 0 Å². The van der Waals surface area contributed by atoms with Crippen molar-refractivity contribution >= 4 is 0 Å². The van der Waals surface area contributed by atoms with E-state index in [-0.39, 0.29) is 5.82 Å². The monoisotopic (exact) mass is 251 g/mol. The highest BCUT2D eigenvalue weighted by molar-refractivity contribution is 5.27. The predicted molar refractivity (Wildman–Crippen MR) is 76.3 cm³/mol. The quantitative estimate of drug-likeness (QED) is 0.807. The molecule has 18 heavy (non-hydrogen) atoms. The van der Waals surface area contributed by atoms with E-state index in [9.17, 15) is 4.39 Å². The molecule has 0 spiro atoms. The van der Waals surface area contributed by atoms with Crippen molar-refractivity contribution in [1.82, 2.24) is 5.32 Å². The Bertz CT molecular complexity index is 373. The normalized spacial score (nSPS) is 14.8. The van der Waals surface area contributed by atoms with Crippen molar-refractivity contribution in [3.63, 3.8) is 0 Å². The zero-order chi connectivity index (χ0) is 13.7. The first kappa shape index (κ1) is 15.2. The van der Waals surface area contributed by atoms with E-state index in [4.69, 9.17) is 0 Å². The van der Waals surface area contributed by atoms with Gasteiger partial charge in [-0.1, -0.05) is 33.8 Å². The molecule has 0 aliphatic carbocycles. The van der Waals surface area contributed by atoms with Crippen LogP contribution >= 0.6 is 0 Å². The maximum Gasteiger partial charge on any atom is 0.123 e. The van der Waals surface area contributed by atoms with Crippen molar-refractivity contribution < 1.29 is 4.39 Å². The summed E-state index contributed by atoms with van der Waals surface area (Å²) in [5.41, 5.74) is 2.30. The van der Waals surface area contributed by atoms with Crippen molar-refractivity contribution in [1.29, 1.82) is 0 Å². The summed E-state index contributed by atoms with van der Waals surface area (Å²) in [6.45, 7) is 11.9. The van der Waals surface area contributed by atoms with Crippen molar-refractivity contribution in [3.05, 3.63) is 35.1 Å². The van der Waals surface area contributed by atoms with Crippen molar-refractivity contribution in [2.24, 2.45) is 11.8 Å². The Morgan fingerprint density at radius 2 is 1.89 bits per heavy atom. The van der Waals surface area contributed by atoms with Crippen LogP contribution in [0.3, 0.4) is 0 Å². The largest absolute Gasteiger partial charge is 0.314 e. The lowest BCUT2D eigenvalue weighted by Crippen LogP contribution is -2.39. The first-order valence-electron chi connectivity index (χ1n) is 6.94. The third-order valence-corrected chi connectivity index (χ3v) is 3.90. The molecule has 0 heterocycles. The third-order valence-electron chi connectivity index (χ3n) is 3.90. The lowest BCUT2D eigenvalue weighted by molar-refractivity contribution is 0.300. The highest BCUT2D eigenvalue weighted by Gasteiger charge is 2.20. The topological polar surface area (TPSA) is 12.0 Å². The molecule has 0 aliphatic heterocycles. The number of benzene rings is 1. The zero-order valence-electron chi connectivity index (χ0n) is 12.3. The number of aryl methyl sites for hydroxylation is 1. The smallest absolute Gasteiger partial charge is 0.123 e. The van der Waals surface area contributed by atoms with E-state index in [1.165, 1.54) is 11.6 Å². The molecule has 0 saturated heterocycles. The lowest BCUT2D eigenvalue weighted by Gasteiger charge is -2.28. The lowest BCUT2D eigenvalue weighted by atomic mass is 9.85. The molecular formula is C16H26FN. The van der Waals surface area contributed by atoms with Gasteiger partial charge in [-0.2, -0.15) is 0 Å². The maximum absolute atomic E-state index is 13.3. The van der Waals surface area contributed by atoms with Crippen LogP contribution in [0.5, 0.6) is 0 Å². The van der Waals surface area contributed by atoms with Crippen LogP contribution in [-0.2, 0) is 6.42 Å². The summed E-state index contributed by atoms with van der Waals surface area (Å²) in [7, 11) is 0. The van der Waals surface area contributed by atoms with Crippen molar-refractivity contribution in [2.45, 2.75) is 47.1 Å². The Hall–Kier alpha value is -0.890. The van der Waals surface area contributed by atoms with Gasteiger partial charge in [-0.15, -0.1) is 0 Å². The number of likely N-dealkylation sites (N-methyl/N-ethyl adjacent to an activating group) is 1. The zero-order valence-corrected chi connectivity index (χ0v) is 12.3. The number of rotatable bonds is 6. The fourth-order valence-corrected chi connectivity index (χ4v) is 2.27. The summed E-state index contributed by atoms with van der Waals surface area (Å²) in [4.78, 5) is 0. The minimum atomic E-state index is -0.136. The maximum atomic E-state index is 13.3. The molecule has 0 aliphatic rings. The molecule has 1 N–H and O–H groups in total. The van der Waals surface area contributed by atoms with Gasteiger partial charge in [-0.3, -0.25) is 0 Å². The molecule has 2 unspecified atom stereocenters. The van der Waals surface area contributed by atoms with Crippen LogP contribution in [0.1, 0.15) is 38.8 Å². The van der Waals surface area contributed by atoms with Gasteiger partial charge < -0.3 is 5.32 Å². The van der Waals surface area contributed by atoms with E-state index < -0.39 is 0 Å². The van der Waals surface area contributed by atoms with Crippen LogP contribution in [0.4, 0.5) is 4.39 Å². The Balaban J connectivity index is 2.85. The highest BCUT2D eigenvalue weighted by Crippen LogP contribution is 2.20. The molecule has 1 aromatic rings. The second-order valence-corrected chi connectivity index (χ2v) is 5.54. The van der Waals surface area contributed by atoms with E-state index in [0.717, 1.165) is 18.5 Å². The Morgan fingerprint density at radius 1 is 1.22 bits per heavy atom. The SMILES string of the molecule is CCNC(Cc1cc(F)ccc1C)C(C)C(C)C. The van der Waals surface area contributed by atoms with Gasteiger partial charge in [0.1, 0.15) is 5.82 Å². The van der Waals surface area contributed by atoms with Gasteiger partial charge in [-0.25, -0.2) is 4.39 Å². The summed E-state index contributed by atoms with van der Waals surface area (Å²) < 4.78 is 13.3. The van der Waals surface area contributed by atoms with Gasteiger partial charge in [0.15, 0.2) is 0 Å². The van der Waals surface area contributed by atoms with Crippen molar-refractivity contribution in [2.75, 3.05) is 6.54 Å². The summed E-state index contributed by atoms with van der Waals surface area (Å²) >= 11 is 0. The van der Waals surface area contributed by atoms with E-state index in [0.29, 0.717) is 17.9 Å². The van der Waals surface area contributed by atoms with Gasteiger partial charge in [0, 0.05) is 6.04 Å². The van der Waals surface area contributed by atoms with Gasteiger partial charge in [0.05, 0.1) is 0 Å². The average Bonchev–Trinajstić information content (AvgIpc) is 2.32. The van der Waals surface area contributed by atoms with Crippen LogP contribution in [-0.4, -0.2) is 12.6 Å². The summed E-state index contributed by atoms with van der Waals surface area (Å²) in [6, 6.07) is 5.49. The van der Waals surface area contributed by atoms with E-state index in [1.807, 2.05) is 6.07 Å². The minimum Gasteiger partial charge on any atom is -0.314 e. The molecule has 1 rings (SSSR count). The molecule has 0 aromatic heterocycles. The fourth-order valence-electron chi connectivity index (χ4n) is 2.27. The molecular weight excluding hydrogens is 225 g/mol. The van der Waals surface area contributed by atoms with E-state index in [2.05, 4.69) is 39.9 Å². The third kappa shape index (κ3) is 4.09. The molecule has 0 amide bonds. The van der Waals surface area contributed by atoms with Gasteiger partial charge in [0.2, 0.25) is 0 Å². The summed E-state index contributed by atoms with van der Waals surface area (Å²) in [6.07, 6.45) is 0.900. The van der Waals surface area contributed by atoms with Crippen LogP contribution in [0, 0.1) is 24.6 Å². The van der Waals surface area contributed by atoms with Crippen LogP contribution in [0.2, 0.25) is 0 Å². The number of nitrogens with one attached hydrogen (secondary N) is 1. The highest BCUT2D eigenvalue weighted by atomic mass is 19.1. The second kappa shape index (κ2) is 6.89. The molecule has 2 heteroatoms. The van der Waals surface area contributed by atoms with Gasteiger partial charge in [-0.05, 0) is 55.0 Å². The predicted octanol–water partition coefficient (Wildman–Crippen LogP) is 3.95. The standard InChI is InChI=1S/C16H26FN/c1-6-18-16(13(5)11(2)3)10-14-9-15(17)8-7-12(14)4/h7-9,11,13,16,18H,6,10H2,1-5H3. The second-order valence-electron chi connectivity index (χ2n) is 5.54. The average molecular weight is 251 g/mol. The molecule has 1 nitrogen and oxygen atoms in total. The summed E-state index contributed by atoms with van der Waals surface area (Å²) in [5, 5.41) is 3.54. The van der Waals surface area contributed by atoms with E-state index in [1.54, 1.807) is 6.07 Å². The number of hydrogen-bond donors (Lipinski definition) is 1. The fraction of sp³-hybridized carbons (Fsp3) is 0.625. The Labute approximate surface area is 111 Å². The van der Waals surface area contributed by atoms with Crippen LogP contribution < -0.4 is 5.32 Å². The minimum absolute atomic E-state index is 0.136. The Morgan fingerprint density at radius 3 is 2.44 bits per heavy atom. The van der Waals surface area contributed by atoms with E-state index >= 15 is 0 Å². The first-order valence-corrected chi connectivity index (χ1v) is 6.94. The summed E-state index contributed by atoms with van der Waals surface area (Å²) in [5.74, 6) is 1.07. The number of halogens is 1. The first-order chi connectivity index (χ1) is 8.45. The molecule has 102 valence electrons. The molecule has 0 fully saturated rings. The van der Waals surface area contributed by atoms with Crippen molar-refractivity contribution in [3.8, 4) is 0 Å². The molecule has 1 aromatic carbocycles. The number of hydrogen-bond acceptors (Lipinski definition) is 1. The molecule has 2 atom stereocenters.